The Morgan fingerprint density at radius 2 is 2.05 bits per heavy atom. The highest BCUT2D eigenvalue weighted by molar-refractivity contribution is 7.13. The van der Waals surface area contributed by atoms with Crippen LogP contribution in [0, 0.1) is 13.8 Å². The second-order valence-corrected chi connectivity index (χ2v) is 6.22. The van der Waals surface area contributed by atoms with Crippen LogP contribution in [-0.4, -0.2) is 14.9 Å². The van der Waals surface area contributed by atoms with Gasteiger partial charge in [0.15, 0.2) is 0 Å². The van der Waals surface area contributed by atoms with Crippen molar-refractivity contribution >= 4 is 11.3 Å². The Kier molecular flexibility index (Phi) is 3.96. The van der Waals surface area contributed by atoms with E-state index in [4.69, 9.17) is 4.42 Å². The Labute approximate surface area is 131 Å². The number of aliphatic hydroxyl groups is 1. The number of hydrogen-bond donors (Lipinski definition) is 1. The quantitative estimate of drug-likeness (QED) is 0.803. The largest absolute Gasteiger partial charge is 0.437 e. The lowest BCUT2D eigenvalue weighted by molar-refractivity contribution is 0.148. The Morgan fingerprint density at radius 3 is 2.68 bits per heavy atom. The first-order valence-electron chi connectivity index (χ1n) is 6.91. The normalized spacial score (nSPS) is 12.5. The van der Waals surface area contributed by atoms with Crippen molar-refractivity contribution in [2.24, 2.45) is 0 Å². The lowest BCUT2D eigenvalue weighted by Crippen LogP contribution is -2.20. The lowest BCUT2D eigenvalue weighted by atomic mass is 10.0. The second kappa shape index (κ2) is 5.90. The Bertz CT molecular complexity index is 813. The third-order valence-electron chi connectivity index (χ3n) is 3.31. The SMILES string of the molecule is Cc1cc(C)cc(C(O)Cn2nc(-c3cccs3)oc2=O)c1. The molecule has 6 heteroatoms. The molecule has 1 atom stereocenters. The van der Waals surface area contributed by atoms with Gasteiger partial charge in [0.1, 0.15) is 0 Å². The topological polar surface area (TPSA) is 68.3 Å². The van der Waals surface area contributed by atoms with E-state index in [0.29, 0.717) is 0 Å². The molecule has 1 unspecified atom stereocenters. The maximum atomic E-state index is 11.9. The number of benzene rings is 1. The average molecular weight is 316 g/mol. The van der Waals surface area contributed by atoms with Crippen LogP contribution >= 0.6 is 11.3 Å². The van der Waals surface area contributed by atoms with Crippen LogP contribution in [0.1, 0.15) is 22.8 Å². The molecule has 1 N–H and O–H groups in total. The first kappa shape index (κ1) is 14.7. The van der Waals surface area contributed by atoms with Crippen LogP contribution in [0.25, 0.3) is 10.8 Å². The molecule has 0 radical (unpaired) electrons. The molecule has 0 saturated heterocycles. The molecule has 0 aliphatic carbocycles. The first-order valence-corrected chi connectivity index (χ1v) is 7.79. The van der Waals surface area contributed by atoms with Crippen LogP contribution in [0.5, 0.6) is 0 Å². The smallest absolute Gasteiger partial charge is 0.387 e. The number of rotatable bonds is 4. The van der Waals surface area contributed by atoms with E-state index in [2.05, 4.69) is 5.10 Å². The van der Waals surface area contributed by atoms with Crippen LogP contribution in [-0.2, 0) is 6.54 Å². The van der Waals surface area contributed by atoms with Gasteiger partial charge in [0, 0.05) is 0 Å². The van der Waals surface area contributed by atoms with Gasteiger partial charge < -0.3 is 9.52 Å². The molecule has 0 spiro atoms. The number of aromatic nitrogens is 2. The molecule has 0 amide bonds. The first-order chi connectivity index (χ1) is 10.5. The summed E-state index contributed by atoms with van der Waals surface area (Å²) in [7, 11) is 0. The van der Waals surface area contributed by atoms with Crippen molar-refractivity contribution in [3.8, 4) is 10.8 Å². The summed E-state index contributed by atoms with van der Waals surface area (Å²) in [5.41, 5.74) is 2.91. The summed E-state index contributed by atoms with van der Waals surface area (Å²) in [5, 5.41) is 16.4. The number of aliphatic hydroxyl groups excluding tert-OH is 1. The van der Waals surface area contributed by atoms with Crippen molar-refractivity contribution in [1.82, 2.24) is 9.78 Å². The minimum atomic E-state index is -0.808. The van der Waals surface area contributed by atoms with Crippen LogP contribution in [0.3, 0.4) is 0 Å². The van der Waals surface area contributed by atoms with E-state index in [1.165, 1.54) is 11.3 Å². The molecule has 0 aliphatic heterocycles. The number of aryl methyl sites for hydroxylation is 2. The highest BCUT2D eigenvalue weighted by atomic mass is 32.1. The minimum Gasteiger partial charge on any atom is -0.387 e. The molecule has 0 saturated carbocycles. The van der Waals surface area contributed by atoms with E-state index >= 15 is 0 Å². The van der Waals surface area contributed by atoms with E-state index in [0.717, 1.165) is 26.2 Å². The fourth-order valence-corrected chi connectivity index (χ4v) is 3.04. The molecule has 0 bridgehead atoms. The van der Waals surface area contributed by atoms with E-state index in [-0.39, 0.29) is 12.4 Å². The van der Waals surface area contributed by atoms with Crippen molar-refractivity contribution in [3.63, 3.8) is 0 Å². The Hall–Kier alpha value is -2.18. The van der Waals surface area contributed by atoms with Gasteiger partial charge in [-0.1, -0.05) is 35.4 Å². The minimum absolute atomic E-state index is 0.0661. The summed E-state index contributed by atoms with van der Waals surface area (Å²) in [6.45, 7) is 4.01. The fraction of sp³-hybridized carbons (Fsp3) is 0.250. The maximum absolute atomic E-state index is 11.9. The monoisotopic (exact) mass is 316 g/mol. The predicted octanol–water partition coefficient (Wildman–Crippen LogP) is 2.92. The maximum Gasteiger partial charge on any atom is 0.437 e. The molecular formula is C16H16N2O3S. The predicted molar refractivity (Wildman–Crippen MR) is 85.0 cm³/mol. The zero-order valence-corrected chi connectivity index (χ0v) is 13.1. The van der Waals surface area contributed by atoms with E-state index in [9.17, 15) is 9.90 Å². The molecule has 2 aromatic heterocycles. The molecule has 22 heavy (non-hydrogen) atoms. The van der Waals surface area contributed by atoms with Gasteiger partial charge in [-0.25, -0.2) is 4.79 Å². The van der Waals surface area contributed by atoms with Gasteiger partial charge >= 0.3 is 5.76 Å². The van der Waals surface area contributed by atoms with Gasteiger partial charge in [-0.15, -0.1) is 16.4 Å². The van der Waals surface area contributed by atoms with Crippen molar-refractivity contribution in [3.05, 3.63) is 63.0 Å². The lowest BCUT2D eigenvalue weighted by Gasteiger charge is -2.11. The second-order valence-electron chi connectivity index (χ2n) is 5.27. The van der Waals surface area contributed by atoms with Gasteiger partial charge in [-0.2, -0.15) is 4.68 Å². The number of nitrogens with zero attached hydrogens (tertiary/aromatic N) is 2. The van der Waals surface area contributed by atoms with Crippen molar-refractivity contribution in [2.45, 2.75) is 26.5 Å². The zero-order chi connectivity index (χ0) is 15.7. The van der Waals surface area contributed by atoms with Gasteiger partial charge in [-0.3, -0.25) is 0 Å². The molecule has 3 aromatic rings. The summed E-state index contributed by atoms with van der Waals surface area (Å²) >= 11 is 1.45. The van der Waals surface area contributed by atoms with Crippen molar-refractivity contribution in [2.75, 3.05) is 0 Å². The fourth-order valence-electron chi connectivity index (χ4n) is 2.39. The zero-order valence-electron chi connectivity index (χ0n) is 12.3. The third kappa shape index (κ3) is 3.03. The molecular weight excluding hydrogens is 300 g/mol. The van der Waals surface area contributed by atoms with Crippen LogP contribution in [0.2, 0.25) is 0 Å². The molecule has 114 valence electrons. The Morgan fingerprint density at radius 1 is 1.32 bits per heavy atom. The van der Waals surface area contributed by atoms with Crippen LogP contribution in [0.4, 0.5) is 0 Å². The van der Waals surface area contributed by atoms with Gasteiger partial charge in [-0.05, 0) is 30.9 Å². The summed E-state index contributed by atoms with van der Waals surface area (Å²) in [5.74, 6) is -0.278. The molecule has 3 rings (SSSR count). The van der Waals surface area contributed by atoms with Crippen LogP contribution in [0.15, 0.2) is 44.9 Å². The summed E-state index contributed by atoms with van der Waals surface area (Å²) in [4.78, 5) is 12.7. The van der Waals surface area contributed by atoms with Crippen molar-refractivity contribution < 1.29 is 9.52 Å². The van der Waals surface area contributed by atoms with Gasteiger partial charge in [0.25, 0.3) is 5.89 Å². The summed E-state index contributed by atoms with van der Waals surface area (Å²) in [6, 6.07) is 9.54. The average Bonchev–Trinajstić information content (AvgIpc) is 3.08. The van der Waals surface area contributed by atoms with Crippen LogP contribution < -0.4 is 5.76 Å². The van der Waals surface area contributed by atoms with E-state index in [1.54, 1.807) is 0 Å². The molecule has 0 aliphatic rings. The van der Waals surface area contributed by atoms with Gasteiger partial charge in [0.05, 0.1) is 17.5 Å². The third-order valence-corrected chi connectivity index (χ3v) is 4.17. The standard InChI is InChI=1S/C16H16N2O3S/c1-10-6-11(2)8-12(7-10)13(19)9-18-16(20)21-15(17-18)14-4-3-5-22-14/h3-8,13,19H,9H2,1-2H3. The molecule has 1 aromatic carbocycles. The summed E-state index contributed by atoms with van der Waals surface area (Å²) < 4.78 is 6.30. The molecule has 5 nitrogen and oxygen atoms in total. The molecule has 2 heterocycles. The molecule has 0 fully saturated rings. The summed E-state index contributed by atoms with van der Waals surface area (Å²) in [6.07, 6.45) is -0.808. The van der Waals surface area contributed by atoms with Gasteiger partial charge in [0.2, 0.25) is 0 Å². The number of hydrogen-bond acceptors (Lipinski definition) is 5. The van der Waals surface area contributed by atoms with E-state index < -0.39 is 11.9 Å². The Balaban J connectivity index is 1.85. The highest BCUT2D eigenvalue weighted by Gasteiger charge is 2.16. The van der Waals surface area contributed by atoms with E-state index in [1.807, 2.05) is 49.6 Å². The highest BCUT2D eigenvalue weighted by Crippen LogP contribution is 2.22. The van der Waals surface area contributed by atoms with Crippen molar-refractivity contribution in [1.29, 1.82) is 0 Å². The number of thiophene rings is 1.